The van der Waals surface area contributed by atoms with E-state index in [1.807, 2.05) is 0 Å². The second-order valence-electron chi connectivity index (χ2n) is 4.28. The first-order chi connectivity index (χ1) is 7.74. The van der Waals surface area contributed by atoms with Gasteiger partial charge in [-0.25, -0.2) is 4.39 Å². The summed E-state index contributed by atoms with van der Waals surface area (Å²) in [5.41, 5.74) is 4.67. The van der Waals surface area contributed by atoms with Crippen molar-refractivity contribution in [3.8, 4) is 5.75 Å². The minimum absolute atomic E-state index is 0.0588. The van der Waals surface area contributed by atoms with Crippen molar-refractivity contribution in [2.75, 3.05) is 12.3 Å². The molecule has 1 aromatic carbocycles. The van der Waals surface area contributed by atoms with Gasteiger partial charge in [0.05, 0.1) is 15.6 Å². The predicted octanol–water partition coefficient (Wildman–Crippen LogP) is 2.66. The van der Waals surface area contributed by atoms with Crippen molar-refractivity contribution in [3.05, 3.63) is 22.4 Å². The number of anilines is 1. The van der Waals surface area contributed by atoms with Gasteiger partial charge in [0.2, 0.25) is 0 Å². The fourth-order valence-corrected chi connectivity index (χ4v) is 1.61. The van der Waals surface area contributed by atoms with Crippen molar-refractivity contribution in [3.63, 3.8) is 0 Å². The van der Waals surface area contributed by atoms with Crippen molar-refractivity contribution in [1.29, 1.82) is 0 Å². The molecule has 94 valence electrons. The van der Waals surface area contributed by atoms with Crippen LogP contribution in [-0.2, 0) is 4.79 Å². The maximum atomic E-state index is 13.0. The summed E-state index contributed by atoms with van der Waals surface area (Å²) in [5.74, 6) is -1.21. The van der Waals surface area contributed by atoms with Crippen LogP contribution in [0.1, 0.15) is 13.8 Å². The number of hydrogen-bond acceptors (Lipinski definition) is 3. The molecule has 0 aliphatic rings. The summed E-state index contributed by atoms with van der Waals surface area (Å²) in [6.07, 6.45) is 0. The molecule has 0 aromatic heterocycles. The fraction of sp³-hybridized carbons (Fsp3) is 0.364. The Kier molecular flexibility index (Phi) is 3.98. The molecule has 6 heteroatoms. The van der Waals surface area contributed by atoms with Crippen LogP contribution in [0, 0.1) is 11.2 Å². The predicted molar refractivity (Wildman–Crippen MR) is 65.4 cm³/mol. The molecular formula is C11H13BrFNO3. The van der Waals surface area contributed by atoms with E-state index < -0.39 is 17.2 Å². The molecule has 0 fully saturated rings. The molecular weight excluding hydrogens is 293 g/mol. The minimum atomic E-state index is -1.04. The van der Waals surface area contributed by atoms with E-state index in [0.717, 1.165) is 6.07 Å². The average molecular weight is 306 g/mol. The number of carbonyl (C=O) groups is 1. The van der Waals surface area contributed by atoms with Crippen molar-refractivity contribution in [2.45, 2.75) is 13.8 Å². The van der Waals surface area contributed by atoms with Gasteiger partial charge in [0.15, 0.2) is 5.75 Å². The highest BCUT2D eigenvalue weighted by atomic mass is 79.9. The van der Waals surface area contributed by atoms with Gasteiger partial charge in [-0.1, -0.05) is 0 Å². The smallest absolute Gasteiger partial charge is 0.312 e. The lowest BCUT2D eigenvalue weighted by molar-refractivity contribution is -0.148. The first-order valence-electron chi connectivity index (χ1n) is 4.85. The Morgan fingerprint density at radius 1 is 1.59 bits per heavy atom. The Morgan fingerprint density at radius 3 is 2.65 bits per heavy atom. The zero-order valence-electron chi connectivity index (χ0n) is 9.46. The summed E-state index contributed by atoms with van der Waals surface area (Å²) in [6.45, 7) is 3.00. The highest BCUT2D eigenvalue weighted by molar-refractivity contribution is 9.10. The third-order valence-electron chi connectivity index (χ3n) is 2.19. The number of nitrogens with two attached hydrogens (primary N) is 1. The van der Waals surface area contributed by atoms with Crippen LogP contribution < -0.4 is 10.5 Å². The van der Waals surface area contributed by atoms with E-state index >= 15 is 0 Å². The molecule has 0 bridgehead atoms. The zero-order chi connectivity index (χ0) is 13.2. The van der Waals surface area contributed by atoms with Crippen LogP contribution >= 0.6 is 15.9 Å². The maximum Gasteiger partial charge on any atom is 0.312 e. The molecule has 0 radical (unpaired) electrons. The molecule has 0 aliphatic heterocycles. The summed E-state index contributed by atoms with van der Waals surface area (Å²) < 4.78 is 18.6. The topological polar surface area (TPSA) is 72.5 Å². The maximum absolute atomic E-state index is 13.0. The van der Waals surface area contributed by atoms with Gasteiger partial charge in [-0.2, -0.15) is 0 Å². The molecule has 0 amide bonds. The van der Waals surface area contributed by atoms with Gasteiger partial charge in [0, 0.05) is 6.07 Å². The Balaban J connectivity index is 2.87. The quantitative estimate of drug-likeness (QED) is 0.839. The highest BCUT2D eigenvalue weighted by Crippen LogP contribution is 2.33. The molecule has 0 saturated heterocycles. The molecule has 0 saturated carbocycles. The summed E-state index contributed by atoms with van der Waals surface area (Å²) in [5, 5.41) is 8.92. The molecule has 4 nitrogen and oxygen atoms in total. The van der Waals surface area contributed by atoms with E-state index in [0.29, 0.717) is 4.47 Å². The van der Waals surface area contributed by atoms with E-state index in [-0.39, 0.29) is 18.0 Å². The molecule has 0 aliphatic carbocycles. The average Bonchev–Trinajstić information content (AvgIpc) is 2.15. The third-order valence-corrected chi connectivity index (χ3v) is 2.78. The number of halogens is 2. The SMILES string of the molecule is CC(C)(COc1c(N)cc(F)cc1Br)C(=O)O. The van der Waals surface area contributed by atoms with Crippen LogP contribution in [0.15, 0.2) is 16.6 Å². The van der Waals surface area contributed by atoms with E-state index in [4.69, 9.17) is 15.6 Å². The molecule has 3 N–H and O–H groups in total. The summed E-state index contributed by atoms with van der Waals surface area (Å²) in [4.78, 5) is 10.9. The normalized spacial score (nSPS) is 11.3. The van der Waals surface area contributed by atoms with Crippen LogP contribution in [0.4, 0.5) is 10.1 Å². The van der Waals surface area contributed by atoms with Gasteiger partial charge in [0.1, 0.15) is 12.4 Å². The van der Waals surface area contributed by atoms with Gasteiger partial charge in [-0.05, 0) is 35.8 Å². The van der Waals surface area contributed by atoms with Crippen molar-refractivity contribution in [2.24, 2.45) is 5.41 Å². The Hall–Kier alpha value is -1.30. The van der Waals surface area contributed by atoms with E-state index in [9.17, 15) is 9.18 Å². The number of nitrogen functional groups attached to an aromatic ring is 1. The van der Waals surface area contributed by atoms with E-state index in [1.165, 1.54) is 19.9 Å². The summed E-state index contributed by atoms with van der Waals surface area (Å²) in [7, 11) is 0. The second kappa shape index (κ2) is 4.91. The standard InChI is InChI=1S/C11H13BrFNO3/c1-11(2,10(15)16)5-17-9-7(12)3-6(13)4-8(9)14/h3-4H,5,14H2,1-2H3,(H,15,16). The lowest BCUT2D eigenvalue weighted by atomic mass is 9.95. The lowest BCUT2D eigenvalue weighted by Crippen LogP contribution is -2.30. The summed E-state index contributed by atoms with van der Waals surface area (Å²) in [6, 6.07) is 2.33. The monoisotopic (exact) mass is 305 g/mol. The number of benzene rings is 1. The molecule has 0 heterocycles. The van der Waals surface area contributed by atoms with Gasteiger partial charge in [-0.3, -0.25) is 4.79 Å². The van der Waals surface area contributed by atoms with Crippen LogP contribution in [0.2, 0.25) is 0 Å². The number of hydrogen-bond donors (Lipinski definition) is 2. The number of ether oxygens (including phenoxy) is 1. The summed E-state index contributed by atoms with van der Waals surface area (Å²) >= 11 is 3.11. The van der Waals surface area contributed by atoms with Crippen molar-refractivity contribution < 1.29 is 19.0 Å². The molecule has 1 rings (SSSR count). The Bertz CT molecular complexity index is 425. The largest absolute Gasteiger partial charge is 0.489 e. The van der Waals surface area contributed by atoms with Crippen molar-refractivity contribution in [1.82, 2.24) is 0 Å². The first kappa shape index (κ1) is 13.8. The first-order valence-corrected chi connectivity index (χ1v) is 5.64. The second-order valence-corrected chi connectivity index (χ2v) is 5.14. The molecule has 1 aromatic rings. The highest BCUT2D eigenvalue weighted by Gasteiger charge is 2.28. The fourth-order valence-electron chi connectivity index (χ4n) is 1.05. The van der Waals surface area contributed by atoms with Crippen LogP contribution in [0.5, 0.6) is 5.75 Å². The number of rotatable bonds is 4. The van der Waals surface area contributed by atoms with Gasteiger partial charge in [-0.15, -0.1) is 0 Å². The molecule has 0 unspecified atom stereocenters. The van der Waals surface area contributed by atoms with Gasteiger partial charge in [0.25, 0.3) is 0 Å². The van der Waals surface area contributed by atoms with Crippen LogP contribution in [0.25, 0.3) is 0 Å². The Labute approximate surface area is 107 Å². The number of aliphatic carboxylic acids is 1. The number of carboxylic acid groups (broad SMARTS) is 1. The van der Waals surface area contributed by atoms with Gasteiger partial charge >= 0.3 is 5.97 Å². The molecule has 17 heavy (non-hydrogen) atoms. The van der Waals surface area contributed by atoms with Gasteiger partial charge < -0.3 is 15.6 Å². The lowest BCUT2D eigenvalue weighted by Gasteiger charge is -2.20. The zero-order valence-corrected chi connectivity index (χ0v) is 11.0. The molecule has 0 atom stereocenters. The number of carboxylic acids is 1. The molecule has 0 spiro atoms. The Morgan fingerprint density at radius 2 is 2.18 bits per heavy atom. The van der Waals surface area contributed by atoms with E-state index in [1.54, 1.807) is 0 Å². The third kappa shape index (κ3) is 3.33. The minimum Gasteiger partial charge on any atom is -0.489 e. The van der Waals surface area contributed by atoms with E-state index in [2.05, 4.69) is 15.9 Å². The van der Waals surface area contributed by atoms with Crippen LogP contribution in [0.3, 0.4) is 0 Å². The van der Waals surface area contributed by atoms with Crippen LogP contribution in [-0.4, -0.2) is 17.7 Å². The van der Waals surface area contributed by atoms with Crippen molar-refractivity contribution >= 4 is 27.6 Å².